The van der Waals surface area contributed by atoms with Crippen LogP contribution < -0.4 is 10.2 Å². The number of allylic oxidation sites excluding steroid dienone is 1. The zero-order chi connectivity index (χ0) is 28.6. The fraction of sp³-hybridized carbons (Fsp3) is 0.167. The monoisotopic (exact) mass is 560 g/mol. The number of carbonyl (C=O) groups is 1. The molecule has 0 aromatic heterocycles. The molecule has 1 unspecified atom stereocenters. The molecular weight excluding hydrogens is 537 g/mol. The van der Waals surface area contributed by atoms with Crippen molar-refractivity contribution in [1.29, 1.82) is 10.7 Å². The Bertz CT molecular complexity index is 1590. The molecule has 0 saturated heterocycles. The van der Waals surface area contributed by atoms with Crippen molar-refractivity contribution in [3.8, 4) is 6.07 Å². The molecule has 0 saturated carbocycles. The van der Waals surface area contributed by atoms with Gasteiger partial charge in [-0.25, -0.2) is 4.79 Å². The number of benzene rings is 3. The number of fused-ring (bicyclic) bond motifs is 1. The number of hydrogen-bond donors (Lipinski definition) is 2. The standard InChI is InChI=1S/C30H23F3N4O2S/c1-3-39-29(38)24-17(2)37(21-8-6-7-20(15-21)30(31,32)33)27(35)26(25(24)19-13-11-18(16-34)12-14-19)28-36-22-9-4-5-10-23(22)40-28/h4-15,25,35-36H,3H2,1-2H3. The molecule has 6 nitrogen and oxygen atoms in total. The first-order valence-corrected chi connectivity index (χ1v) is 13.2. The summed E-state index contributed by atoms with van der Waals surface area (Å²) >= 11 is 1.38. The zero-order valence-corrected chi connectivity index (χ0v) is 22.3. The maximum absolute atomic E-state index is 13.6. The van der Waals surface area contributed by atoms with Crippen LogP contribution in [-0.4, -0.2) is 18.4 Å². The summed E-state index contributed by atoms with van der Waals surface area (Å²) in [6.07, 6.45) is -4.59. The first-order chi connectivity index (χ1) is 19.1. The van der Waals surface area contributed by atoms with Gasteiger partial charge in [-0.2, -0.15) is 18.4 Å². The van der Waals surface area contributed by atoms with Gasteiger partial charge in [0.2, 0.25) is 0 Å². The van der Waals surface area contributed by atoms with Crippen LogP contribution in [0.2, 0.25) is 0 Å². The lowest BCUT2D eigenvalue weighted by Crippen LogP contribution is -2.41. The van der Waals surface area contributed by atoms with E-state index in [1.165, 1.54) is 28.8 Å². The van der Waals surface area contributed by atoms with Crippen molar-refractivity contribution in [2.45, 2.75) is 30.8 Å². The first kappa shape index (κ1) is 27.1. The van der Waals surface area contributed by atoms with Gasteiger partial charge in [-0.3, -0.25) is 10.3 Å². The summed E-state index contributed by atoms with van der Waals surface area (Å²) < 4.78 is 46.4. The van der Waals surface area contributed by atoms with E-state index in [0.717, 1.165) is 22.7 Å². The number of carbonyl (C=O) groups excluding carboxylic acids is 1. The van der Waals surface area contributed by atoms with Crippen LogP contribution in [0.15, 0.2) is 99.6 Å². The van der Waals surface area contributed by atoms with Gasteiger partial charge in [-0.15, -0.1) is 0 Å². The SMILES string of the molecule is CCOC(=O)C1=C(C)N(c2cccc(C(F)(F)F)c2)C(=N)C(=C2Nc3ccccc3S2)C1c1ccc(C#N)cc1. The minimum absolute atomic E-state index is 0.0814. The molecule has 2 heterocycles. The summed E-state index contributed by atoms with van der Waals surface area (Å²) in [5, 5.41) is 22.6. The molecular formula is C30H23F3N4O2S. The van der Waals surface area contributed by atoms with E-state index < -0.39 is 23.6 Å². The quantitative estimate of drug-likeness (QED) is 0.323. The number of ether oxygens (including phenoxy) is 1. The molecule has 0 fully saturated rings. The fourth-order valence-corrected chi connectivity index (χ4v) is 5.96. The highest BCUT2D eigenvalue weighted by Crippen LogP contribution is 2.50. The maximum Gasteiger partial charge on any atom is 0.416 e. The van der Waals surface area contributed by atoms with Crippen LogP contribution in [0.25, 0.3) is 0 Å². The van der Waals surface area contributed by atoms with Crippen molar-refractivity contribution in [1.82, 2.24) is 0 Å². The second-order valence-electron chi connectivity index (χ2n) is 9.08. The highest BCUT2D eigenvalue weighted by atomic mass is 32.2. The van der Waals surface area contributed by atoms with Crippen molar-refractivity contribution >= 4 is 34.9 Å². The van der Waals surface area contributed by atoms with E-state index >= 15 is 0 Å². The Balaban J connectivity index is 1.78. The molecule has 3 aromatic rings. The predicted molar refractivity (Wildman–Crippen MR) is 148 cm³/mol. The third-order valence-corrected chi connectivity index (χ3v) is 7.78. The third kappa shape index (κ3) is 4.84. The first-order valence-electron chi connectivity index (χ1n) is 12.4. The summed E-state index contributed by atoms with van der Waals surface area (Å²) in [6, 6.07) is 21.0. The molecule has 2 aliphatic rings. The minimum atomic E-state index is -4.59. The average molecular weight is 561 g/mol. The summed E-state index contributed by atoms with van der Waals surface area (Å²) in [7, 11) is 0. The van der Waals surface area contributed by atoms with Gasteiger partial charge < -0.3 is 10.1 Å². The van der Waals surface area contributed by atoms with E-state index in [1.54, 1.807) is 38.1 Å². The topological polar surface area (TPSA) is 89.2 Å². The number of para-hydroxylation sites is 1. The molecule has 0 amide bonds. The number of esters is 1. The molecule has 40 heavy (non-hydrogen) atoms. The molecule has 2 aliphatic heterocycles. The van der Waals surface area contributed by atoms with Gasteiger partial charge in [-0.1, -0.05) is 42.1 Å². The number of nitriles is 1. The van der Waals surface area contributed by atoms with Crippen molar-refractivity contribution in [3.63, 3.8) is 0 Å². The van der Waals surface area contributed by atoms with E-state index in [2.05, 4.69) is 11.4 Å². The van der Waals surface area contributed by atoms with Crippen molar-refractivity contribution in [2.75, 3.05) is 16.8 Å². The van der Waals surface area contributed by atoms with E-state index in [9.17, 15) is 28.6 Å². The Morgan fingerprint density at radius 3 is 2.50 bits per heavy atom. The smallest absolute Gasteiger partial charge is 0.416 e. The minimum Gasteiger partial charge on any atom is -0.463 e. The summed E-state index contributed by atoms with van der Waals surface area (Å²) in [4.78, 5) is 15.8. The Labute approximate surface area is 233 Å². The number of halogens is 3. The van der Waals surface area contributed by atoms with Crippen LogP contribution >= 0.6 is 11.8 Å². The fourth-order valence-electron chi connectivity index (χ4n) is 4.88. The van der Waals surface area contributed by atoms with Crippen LogP contribution in [0.1, 0.15) is 36.5 Å². The number of nitrogens with one attached hydrogen (secondary N) is 2. The Hall–Kier alpha value is -4.49. The third-order valence-electron chi connectivity index (χ3n) is 6.67. The van der Waals surface area contributed by atoms with Crippen LogP contribution in [0.5, 0.6) is 0 Å². The Morgan fingerprint density at radius 1 is 1.12 bits per heavy atom. The van der Waals surface area contributed by atoms with Gasteiger partial charge >= 0.3 is 12.1 Å². The van der Waals surface area contributed by atoms with Crippen LogP contribution in [0.4, 0.5) is 24.5 Å². The Morgan fingerprint density at radius 2 is 1.85 bits per heavy atom. The molecule has 202 valence electrons. The van der Waals surface area contributed by atoms with Gasteiger partial charge in [0, 0.05) is 27.8 Å². The maximum atomic E-state index is 13.6. The van der Waals surface area contributed by atoms with Crippen LogP contribution in [0.3, 0.4) is 0 Å². The van der Waals surface area contributed by atoms with Gasteiger partial charge in [0.15, 0.2) is 0 Å². The number of alkyl halides is 3. The van der Waals surface area contributed by atoms with Crippen LogP contribution in [-0.2, 0) is 15.7 Å². The van der Waals surface area contributed by atoms with Gasteiger partial charge in [0.1, 0.15) is 5.84 Å². The highest BCUT2D eigenvalue weighted by molar-refractivity contribution is 8.03. The molecule has 0 bridgehead atoms. The zero-order valence-electron chi connectivity index (χ0n) is 21.5. The lowest BCUT2D eigenvalue weighted by atomic mass is 9.79. The molecule has 3 aromatic carbocycles. The van der Waals surface area contributed by atoms with E-state index in [4.69, 9.17) is 4.74 Å². The highest BCUT2D eigenvalue weighted by Gasteiger charge is 2.43. The lowest BCUT2D eigenvalue weighted by molar-refractivity contribution is -0.139. The molecule has 2 N–H and O–H groups in total. The second-order valence-corrected chi connectivity index (χ2v) is 10.1. The Kier molecular flexibility index (Phi) is 7.17. The largest absolute Gasteiger partial charge is 0.463 e. The molecule has 0 radical (unpaired) electrons. The summed E-state index contributed by atoms with van der Waals surface area (Å²) in [5.74, 6) is -1.51. The molecule has 10 heteroatoms. The second kappa shape index (κ2) is 10.6. The van der Waals surface area contributed by atoms with Gasteiger partial charge in [0.05, 0.1) is 40.1 Å². The number of anilines is 2. The number of amidine groups is 1. The van der Waals surface area contributed by atoms with Crippen LogP contribution in [0, 0.1) is 16.7 Å². The molecule has 1 atom stereocenters. The normalized spacial score (nSPS) is 18.8. The number of nitrogens with zero attached hydrogens (tertiary/aromatic N) is 2. The van der Waals surface area contributed by atoms with Crippen molar-refractivity contribution in [2.24, 2.45) is 0 Å². The molecule has 0 spiro atoms. The van der Waals surface area contributed by atoms with Crippen molar-refractivity contribution in [3.05, 3.63) is 111 Å². The summed E-state index contributed by atoms with van der Waals surface area (Å²) in [5.41, 5.74) is 1.98. The van der Waals surface area contributed by atoms with E-state index in [0.29, 0.717) is 21.7 Å². The molecule has 0 aliphatic carbocycles. The lowest BCUT2D eigenvalue weighted by Gasteiger charge is -2.39. The summed E-state index contributed by atoms with van der Waals surface area (Å²) in [6.45, 7) is 3.36. The van der Waals surface area contributed by atoms with Gasteiger partial charge in [-0.05, 0) is 61.9 Å². The number of rotatable bonds is 4. The predicted octanol–water partition coefficient (Wildman–Crippen LogP) is 7.42. The molecule has 5 rings (SSSR count). The number of thioether (sulfide) groups is 1. The average Bonchev–Trinajstić information content (AvgIpc) is 3.36. The number of hydrogen-bond acceptors (Lipinski definition) is 6. The van der Waals surface area contributed by atoms with E-state index in [-0.39, 0.29) is 29.4 Å². The van der Waals surface area contributed by atoms with E-state index in [1.807, 2.05) is 24.3 Å². The van der Waals surface area contributed by atoms with Gasteiger partial charge in [0.25, 0.3) is 0 Å². The van der Waals surface area contributed by atoms with Crippen molar-refractivity contribution < 1.29 is 22.7 Å².